The third-order valence-corrected chi connectivity index (χ3v) is 5.93. The van der Waals surface area contributed by atoms with Crippen LogP contribution in [-0.4, -0.2) is 23.9 Å². The molecule has 0 aliphatic carbocycles. The molecule has 150 valence electrons. The van der Waals surface area contributed by atoms with Crippen molar-refractivity contribution in [3.05, 3.63) is 70.3 Å². The summed E-state index contributed by atoms with van der Waals surface area (Å²) in [4.78, 5) is 0. The van der Waals surface area contributed by atoms with Gasteiger partial charge in [-0.15, -0.1) is 0 Å². The van der Waals surface area contributed by atoms with Crippen LogP contribution in [0.15, 0.2) is 42.5 Å². The summed E-state index contributed by atoms with van der Waals surface area (Å²) in [6.07, 6.45) is 0.816. The van der Waals surface area contributed by atoms with E-state index in [1.807, 2.05) is 45.0 Å². The maximum atomic E-state index is 10.2. The molecule has 4 nitrogen and oxygen atoms in total. The first kappa shape index (κ1) is 19.2. The van der Waals surface area contributed by atoms with Crippen molar-refractivity contribution in [2.45, 2.75) is 33.1 Å². The molecule has 1 atom stereocenters. The van der Waals surface area contributed by atoms with E-state index in [1.165, 1.54) is 0 Å². The van der Waals surface area contributed by atoms with Crippen LogP contribution in [0.5, 0.6) is 23.0 Å². The molecule has 1 aliphatic heterocycles. The van der Waals surface area contributed by atoms with Gasteiger partial charge in [0.2, 0.25) is 0 Å². The number of aryl methyl sites for hydroxylation is 1. The van der Waals surface area contributed by atoms with Gasteiger partial charge in [0.05, 0.1) is 13.7 Å². The molecule has 0 radical (unpaired) electrons. The number of fused-ring (bicyclic) bond motifs is 1. The number of benzene rings is 3. The minimum atomic E-state index is 0.147. The molecule has 0 amide bonds. The van der Waals surface area contributed by atoms with Crippen molar-refractivity contribution in [2.24, 2.45) is 0 Å². The highest BCUT2D eigenvalue weighted by atomic mass is 16.5. The van der Waals surface area contributed by atoms with Gasteiger partial charge in [0.15, 0.2) is 0 Å². The van der Waals surface area contributed by atoms with Crippen molar-refractivity contribution in [3.63, 3.8) is 0 Å². The van der Waals surface area contributed by atoms with E-state index in [-0.39, 0.29) is 17.4 Å². The first-order chi connectivity index (χ1) is 13.9. The number of hydrogen-bond donors (Lipinski definition) is 2. The van der Waals surface area contributed by atoms with Crippen LogP contribution in [0.4, 0.5) is 0 Å². The molecule has 0 unspecified atom stereocenters. The predicted molar refractivity (Wildman–Crippen MR) is 114 cm³/mol. The van der Waals surface area contributed by atoms with Gasteiger partial charge >= 0.3 is 0 Å². The molecule has 0 saturated heterocycles. The van der Waals surface area contributed by atoms with Crippen LogP contribution < -0.4 is 9.47 Å². The number of methoxy groups -OCH3 is 1. The molecule has 0 fully saturated rings. The Balaban J connectivity index is 1.80. The number of rotatable bonds is 3. The lowest BCUT2D eigenvalue weighted by molar-refractivity contribution is 0.259. The second-order valence-corrected chi connectivity index (χ2v) is 7.77. The maximum absolute atomic E-state index is 10.2. The second kappa shape index (κ2) is 7.36. The van der Waals surface area contributed by atoms with Crippen LogP contribution >= 0.6 is 0 Å². The van der Waals surface area contributed by atoms with E-state index in [0.717, 1.165) is 56.9 Å². The zero-order valence-electron chi connectivity index (χ0n) is 17.2. The van der Waals surface area contributed by atoms with Crippen molar-refractivity contribution in [1.82, 2.24) is 0 Å². The van der Waals surface area contributed by atoms with Crippen LogP contribution in [0.1, 0.15) is 33.7 Å². The normalized spacial score (nSPS) is 15.5. The SMILES string of the molecule is COc1c(C)ccc(-c2cc(O)ccc2[C@H]2COc3c(ccc(O)c3C)C2)c1C. The van der Waals surface area contributed by atoms with E-state index in [2.05, 4.69) is 6.07 Å². The van der Waals surface area contributed by atoms with Crippen molar-refractivity contribution >= 4 is 0 Å². The summed E-state index contributed by atoms with van der Waals surface area (Å²) in [6, 6.07) is 13.3. The fourth-order valence-electron chi connectivity index (χ4n) is 4.37. The summed E-state index contributed by atoms with van der Waals surface area (Å²) < 4.78 is 11.7. The van der Waals surface area contributed by atoms with E-state index < -0.39 is 0 Å². The van der Waals surface area contributed by atoms with Crippen LogP contribution in [-0.2, 0) is 6.42 Å². The summed E-state index contributed by atoms with van der Waals surface area (Å²) in [6.45, 7) is 6.48. The fraction of sp³-hybridized carbons (Fsp3) is 0.280. The number of aromatic hydroxyl groups is 2. The molecule has 3 aromatic rings. The van der Waals surface area contributed by atoms with E-state index in [0.29, 0.717) is 6.61 Å². The molecule has 29 heavy (non-hydrogen) atoms. The van der Waals surface area contributed by atoms with Crippen LogP contribution in [0, 0.1) is 20.8 Å². The lowest BCUT2D eigenvalue weighted by atomic mass is 9.83. The Morgan fingerprint density at radius 2 is 1.72 bits per heavy atom. The average Bonchev–Trinajstić information content (AvgIpc) is 2.71. The molecule has 0 bridgehead atoms. The minimum Gasteiger partial charge on any atom is -0.508 e. The molecule has 1 aliphatic rings. The molecule has 3 aromatic carbocycles. The van der Waals surface area contributed by atoms with Crippen LogP contribution in [0.3, 0.4) is 0 Å². The van der Waals surface area contributed by atoms with Gasteiger partial charge in [-0.25, -0.2) is 0 Å². The van der Waals surface area contributed by atoms with Gasteiger partial charge in [-0.2, -0.15) is 0 Å². The topological polar surface area (TPSA) is 58.9 Å². The lowest BCUT2D eigenvalue weighted by Crippen LogP contribution is -2.20. The molecule has 0 spiro atoms. The Bertz CT molecular complexity index is 1080. The summed E-state index contributed by atoms with van der Waals surface area (Å²) in [5.74, 6) is 2.30. The summed E-state index contributed by atoms with van der Waals surface area (Å²) >= 11 is 0. The highest BCUT2D eigenvalue weighted by molar-refractivity contribution is 5.75. The van der Waals surface area contributed by atoms with E-state index in [1.54, 1.807) is 19.2 Å². The standard InChI is InChI=1S/C25H26O4/c1-14-5-8-20(15(2)24(14)28-4)22-12-19(26)7-9-21(22)18-11-17-6-10-23(27)16(3)25(17)29-13-18/h5-10,12,18,26-27H,11,13H2,1-4H3/t18-/m1/s1. The van der Waals surface area contributed by atoms with Gasteiger partial charge in [-0.1, -0.05) is 24.3 Å². The lowest BCUT2D eigenvalue weighted by Gasteiger charge is -2.29. The molecule has 0 saturated carbocycles. The summed E-state index contributed by atoms with van der Waals surface area (Å²) in [5.41, 5.74) is 7.19. The van der Waals surface area contributed by atoms with E-state index in [4.69, 9.17) is 9.47 Å². The number of phenolic OH excluding ortho intramolecular Hbond substituents is 2. The predicted octanol–water partition coefficient (Wildman–Crippen LogP) is 5.42. The maximum Gasteiger partial charge on any atom is 0.129 e. The Morgan fingerprint density at radius 3 is 2.48 bits per heavy atom. The van der Waals surface area contributed by atoms with Crippen LogP contribution in [0.25, 0.3) is 11.1 Å². The molecule has 0 aromatic heterocycles. The quantitative estimate of drug-likeness (QED) is 0.627. The van der Waals surface area contributed by atoms with Gasteiger partial charge < -0.3 is 19.7 Å². The monoisotopic (exact) mass is 390 g/mol. The van der Waals surface area contributed by atoms with Gasteiger partial charge in [0, 0.05) is 11.5 Å². The highest BCUT2D eigenvalue weighted by Crippen LogP contribution is 2.43. The molecule has 1 heterocycles. The van der Waals surface area contributed by atoms with Crippen molar-refractivity contribution < 1.29 is 19.7 Å². The number of phenols is 2. The first-order valence-corrected chi connectivity index (χ1v) is 9.82. The number of hydrogen-bond acceptors (Lipinski definition) is 4. The Hall–Kier alpha value is -3.14. The van der Waals surface area contributed by atoms with Gasteiger partial charge in [0.1, 0.15) is 23.0 Å². The largest absolute Gasteiger partial charge is 0.508 e. The van der Waals surface area contributed by atoms with Crippen molar-refractivity contribution in [2.75, 3.05) is 13.7 Å². The Morgan fingerprint density at radius 1 is 0.931 bits per heavy atom. The van der Waals surface area contributed by atoms with Gasteiger partial charge in [-0.05, 0) is 78.8 Å². The zero-order valence-corrected chi connectivity index (χ0v) is 17.2. The van der Waals surface area contributed by atoms with Gasteiger partial charge in [-0.3, -0.25) is 0 Å². The second-order valence-electron chi connectivity index (χ2n) is 7.77. The third kappa shape index (κ3) is 3.29. The molecular formula is C25H26O4. The third-order valence-electron chi connectivity index (χ3n) is 5.93. The molecule has 4 heteroatoms. The smallest absolute Gasteiger partial charge is 0.129 e. The van der Waals surface area contributed by atoms with Gasteiger partial charge in [0.25, 0.3) is 0 Å². The summed E-state index contributed by atoms with van der Waals surface area (Å²) in [7, 11) is 1.69. The van der Waals surface area contributed by atoms with E-state index >= 15 is 0 Å². The van der Waals surface area contributed by atoms with Crippen molar-refractivity contribution in [3.8, 4) is 34.1 Å². The molecule has 2 N–H and O–H groups in total. The Labute approximate surface area is 171 Å². The Kier molecular flexibility index (Phi) is 4.87. The van der Waals surface area contributed by atoms with E-state index in [9.17, 15) is 10.2 Å². The first-order valence-electron chi connectivity index (χ1n) is 9.82. The van der Waals surface area contributed by atoms with Crippen LogP contribution in [0.2, 0.25) is 0 Å². The molecular weight excluding hydrogens is 364 g/mol. The fourth-order valence-corrected chi connectivity index (χ4v) is 4.37. The van der Waals surface area contributed by atoms with Crippen molar-refractivity contribution in [1.29, 1.82) is 0 Å². The molecule has 4 rings (SSSR count). The zero-order chi connectivity index (χ0) is 20.7. The average molecular weight is 390 g/mol. The number of ether oxygens (including phenoxy) is 2. The highest BCUT2D eigenvalue weighted by Gasteiger charge is 2.26. The summed E-state index contributed by atoms with van der Waals surface area (Å²) in [5, 5.41) is 20.2. The minimum absolute atomic E-state index is 0.147.